The highest BCUT2D eigenvalue weighted by Gasteiger charge is 2.29. The third-order valence-electron chi connectivity index (χ3n) is 5.37. The van der Waals surface area contributed by atoms with Gasteiger partial charge >= 0.3 is 0 Å². The molecule has 0 bridgehead atoms. The Morgan fingerprint density at radius 1 is 1.12 bits per heavy atom. The Labute approximate surface area is 162 Å². The number of aromatic nitrogens is 1. The zero-order chi connectivity index (χ0) is 17.5. The maximum atomic E-state index is 5.59. The first-order chi connectivity index (χ1) is 12.8. The molecule has 0 aliphatic carbocycles. The van der Waals surface area contributed by atoms with E-state index >= 15 is 0 Å². The summed E-state index contributed by atoms with van der Waals surface area (Å²) < 4.78 is 6.87. The van der Waals surface area contributed by atoms with Crippen LogP contribution in [0.25, 0.3) is 20.8 Å². The molecule has 1 saturated heterocycles. The fourth-order valence-electron chi connectivity index (χ4n) is 3.90. The minimum Gasteiger partial charge on any atom is -0.378 e. The van der Waals surface area contributed by atoms with Crippen LogP contribution < -0.4 is 4.90 Å². The summed E-state index contributed by atoms with van der Waals surface area (Å²) in [4.78, 5) is 11.6. The van der Waals surface area contributed by atoms with Crippen molar-refractivity contribution in [2.45, 2.75) is 19.9 Å². The van der Waals surface area contributed by atoms with Crippen molar-refractivity contribution in [1.82, 2.24) is 9.88 Å². The summed E-state index contributed by atoms with van der Waals surface area (Å²) in [7, 11) is 0. The van der Waals surface area contributed by atoms with Crippen LogP contribution in [0.1, 0.15) is 17.4 Å². The molecule has 5 rings (SSSR count). The highest BCUT2D eigenvalue weighted by molar-refractivity contribution is 7.22. The van der Waals surface area contributed by atoms with E-state index in [2.05, 4.69) is 41.0 Å². The van der Waals surface area contributed by atoms with Crippen LogP contribution in [0, 0.1) is 0 Å². The first-order valence-electron chi connectivity index (χ1n) is 9.39. The van der Waals surface area contributed by atoms with E-state index in [-0.39, 0.29) is 0 Å². The molecule has 0 radical (unpaired) electrons. The van der Waals surface area contributed by atoms with Crippen LogP contribution >= 0.6 is 22.7 Å². The van der Waals surface area contributed by atoms with Crippen LogP contribution in [0.5, 0.6) is 0 Å². The Morgan fingerprint density at radius 3 is 2.77 bits per heavy atom. The van der Waals surface area contributed by atoms with Gasteiger partial charge in [0.05, 0.1) is 23.4 Å². The fraction of sp³-hybridized carbons (Fsp3) is 0.450. The van der Waals surface area contributed by atoms with Gasteiger partial charge in [-0.1, -0.05) is 19.1 Å². The molecule has 3 aromatic rings. The van der Waals surface area contributed by atoms with Crippen molar-refractivity contribution in [1.29, 1.82) is 0 Å². The van der Waals surface area contributed by atoms with Crippen molar-refractivity contribution >= 4 is 37.9 Å². The molecule has 1 aromatic carbocycles. The molecule has 0 saturated carbocycles. The number of hydrogen-bond donors (Lipinski definition) is 0. The second kappa shape index (κ2) is 6.93. The van der Waals surface area contributed by atoms with Crippen molar-refractivity contribution in [3.8, 4) is 10.6 Å². The van der Waals surface area contributed by atoms with Gasteiger partial charge in [-0.15, -0.1) is 22.7 Å². The molecule has 2 aliphatic heterocycles. The molecule has 1 fully saturated rings. The number of thiazole rings is 1. The van der Waals surface area contributed by atoms with Gasteiger partial charge in [0, 0.05) is 36.6 Å². The predicted molar refractivity (Wildman–Crippen MR) is 111 cm³/mol. The van der Waals surface area contributed by atoms with Crippen LogP contribution in [0.15, 0.2) is 24.3 Å². The molecule has 4 heterocycles. The van der Waals surface area contributed by atoms with Crippen molar-refractivity contribution in [2.24, 2.45) is 0 Å². The molecule has 0 atom stereocenters. The standard InChI is InChI=1S/C20H23N3OS2/c1-2-22-8-7-14-17(13-22)26-20(23-9-11-24-12-10-23)18(14)19-21-15-5-3-4-6-16(15)25-19/h3-6H,2,7-13H2,1H3. The lowest BCUT2D eigenvalue weighted by Gasteiger charge is -2.28. The number of likely N-dealkylation sites (N-methyl/N-ethyl adjacent to an activating group) is 1. The van der Waals surface area contributed by atoms with Crippen LogP contribution in [0.2, 0.25) is 0 Å². The maximum Gasteiger partial charge on any atom is 0.127 e. The molecule has 0 spiro atoms. The Morgan fingerprint density at radius 2 is 1.96 bits per heavy atom. The summed E-state index contributed by atoms with van der Waals surface area (Å²) in [5, 5.41) is 2.60. The van der Waals surface area contributed by atoms with Gasteiger partial charge in [-0.2, -0.15) is 0 Å². The molecule has 0 unspecified atom stereocenters. The van der Waals surface area contributed by atoms with Crippen LogP contribution in [0.4, 0.5) is 5.00 Å². The molecule has 26 heavy (non-hydrogen) atoms. The van der Waals surface area contributed by atoms with Gasteiger partial charge in [-0.25, -0.2) is 4.98 Å². The summed E-state index contributed by atoms with van der Waals surface area (Å²) >= 11 is 3.82. The number of para-hydroxylation sites is 1. The van der Waals surface area contributed by atoms with E-state index < -0.39 is 0 Å². The summed E-state index contributed by atoms with van der Waals surface area (Å²) in [6.07, 6.45) is 1.13. The molecular formula is C20H23N3OS2. The number of nitrogens with zero attached hydrogens (tertiary/aromatic N) is 3. The Bertz CT molecular complexity index is 893. The van der Waals surface area contributed by atoms with Gasteiger partial charge in [0.2, 0.25) is 0 Å². The lowest BCUT2D eigenvalue weighted by Crippen LogP contribution is -2.36. The predicted octanol–water partition coefficient (Wildman–Crippen LogP) is 4.24. The number of benzene rings is 1. The van der Waals surface area contributed by atoms with Gasteiger partial charge < -0.3 is 9.64 Å². The minimum atomic E-state index is 0.822. The van der Waals surface area contributed by atoms with Gasteiger partial charge in [0.15, 0.2) is 0 Å². The number of ether oxygens (including phenoxy) is 1. The van der Waals surface area contributed by atoms with E-state index in [1.807, 2.05) is 22.7 Å². The average Bonchev–Trinajstić information content (AvgIpc) is 3.28. The summed E-state index contributed by atoms with van der Waals surface area (Å²) in [5.41, 5.74) is 4.07. The molecule has 136 valence electrons. The Kier molecular flexibility index (Phi) is 4.44. The quantitative estimate of drug-likeness (QED) is 0.674. The molecule has 2 aromatic heterocycles. The zero-order valence-electron chi connectivity index (χ0n) is 15.0. The second-order valence-corrected chi connectivity index (χ2v) is 9.00. The first-order valence-corrected chi connectivity index (χ1v) is 11.0. The number of morpholine rings is 1. The molecule has 0 amide bonds. The number of anilines is 1. The highest BCUT2D eigenvalue weighted by Crippen LogP contribution is 2.47. The van der Waals surface area contributed by atoms with Crippen molar-refractivity contribution in [3.05, 3.63) is 34.7 Å². The Hall–Kier alpha value is -1.47. The number of thiophene rings is 1. The number of fused-ring (bicyclic) bond motifs is 2. The third kappa shape index (κ3) is 2.85. The van der Waals surface area contributed by atoms with Crippen molar-refractivity contribution < 1.29 is 4.74 Å². The largest absolute Gasteiger partial charge is 0.378 e. The van der Waals surface area contributed by atoms with E-state index in [0.29, 0.717) is 0 Å². The van der Waals surface area contributed by atoms with E-state index in [4.69, 9.17) is 9.72 Å². The van der Waals surface area contributed by atoms with Crippen LogP contribution in [-0.2, 0) is 17.7 Å². The lowest BCUT2D eigenvalue weighted by molar-refractivity contribution is 0.123. The van der Waals surface area contributed by atoms with Crippen LogP contribution in [0.3, 0.4) is 0 Å². The highest BCUT2D eigenvalue weighted by atomic mass is 32.1. The van der Waals surface area contributed by atoms with E-state index in [1.54, 1.807) is 5.56 Å². The maximum absolute atomic E-state index is 5.59. The zero-order valence-corrected chi connectivity index (χ0v) is 16.7. The second-order valence-electron chi connectivity index (χ2n) is 6.89. The van der Waals surface area contributed by atoms with Crippen LogP contribution in [-0.4, -0.2) is 49.3 Å². The van der Waals surface area contributed by atoms with Gasteiger partial charge in [0.1, 0.15) is 10.0 Å². The molecular weight excluding hydrogens is 362 g/mol. The van der Waals surface area contributed by atoms with Crippen molar-refractivity contribution in [2.75, 3.05) is 44.3 Å². The topological polar surface area (TPSA) is 28.6 Å². The molecule has 2 aliphatic rings. The number of hydrogen-bond acceptors (Lipinski definition) is 6. The number of rotatable bonds is 3. The fourth-order valence-corrected chi connectivity index (χ4v) is 6.45. The molecule has 0 N–H and O–H groups in total. The van der Waals surface area contributed by atoms with E-state index in [0.717, 1.165) is 57.9 Å². The van der Waals surface area contributed by atoms with Gasteiger partial charge in [-0.3, -0.25) is 4.90 Å². The van der Waals surface area contributed by atoms with E-state index in [9.17, 15) is 0 Å². The minimum absolute atomic E-state index is 0.822. The summed E-state index contributed by atoms with van der Waals surface area (Å²) in [6, 6.07) is 8.50. The lowest BCUT2D eigenvalue weighted by atomic mass is 10.0. The molecule has 6 heteroatoms. The van der Waals surface area contributed by atoms with Gasteiger partial charge in [0.25, 0.3) is 0 Å². The summed E-state index contributed by atoms with van der Waals surface area (Å²) in [6.45, 7) is 9.23. The Balaban J connectivity index is 1.65. The molecule has 4 nitrogen and oxygen atoms in total. The first kappa shape index (κ1) is 16.7. The smallest absolute Gasteiger partial charge is 0.127 e. The van der Waals surface area contributed by atoms with Crippen molar-refractivity contribution in [3.63, 3.8) is 0 Å². The third-order valence-corrected chi connectivity index (χ3v) is 7.70. The summed E-state index contributed by atoms with van der Waals surface area (Å²) in [5.74, 6) is 0. The van der Waals surface area contributed by atoms with E-state index in [1.165, 1.54) is 25.1 Å². The normalized spacial score (nSPS) is 18.4. The van der Waals surface area contributed by atoms with Gasteiger partial charge in [-0.05, 0) is 30.7 Å². The monoisotopic (exact) mass is 385 g/mol. The average molecular weight is 386 g/mol. The SMILES string of the molecule is CCN1CCc2c(sc(N3CCOCC3)c2-c2nc3ccccc3s2)C1.